The van der Waals surface area contributed by atoms with E-state index in [1.54, 1.807) is 24.9 Å². The van der Waals surface area contributed by atoms with Gasteiger partial charge in [-0.1, -0.05) is 0 Å². The van der Waals surface area contributed by atoms with Crippen molar-refractivity contribution in [2.24, 2.45) is 0 Å². The van der Waals surface area contributed by atoms with E-state index >= 15 is 0 Å². The first kappa shape index (κ1) is 13.1. The molecule has 20 heavy (non-hydrogen) atoms. The van der Waals surface area contributed by atoms with Crippen molar-refractivity contribution in [2.75, 3.05) is 18.0 Å². The average molecular weight is 272 g/mol. The van der Waals surface area contributed by atoms with Gasteiger partial charge >= 0.3 is 0 Å². The summed E-state index contributed by atoms with van der Waals surface area (Å²) in [4.78, 5) is 10.9. The molecule has 2 aromatic heterocycles. The second-order valence-electron chi connectivity index (χ2n) is 5.28. The highest BCUT2D eigenvalue weighted by Gasteiger charge is 2.23. The molecule has 0 spiro atoms. The molecule has 0 radical (unpaired) electrons. The first-order valence-corrected chi connectivity index (χ1v) is 7.13. The lowest BCUT2D eigenvalue weighted by Gasteiger charge is -2.34. The van der Waals surface area contributed by atoms with Gasteiger partial charge in [0.25, 0.3) is 0 Å². The quantitative estimate of drug-likeness (QED) is 0.926. The van der Waals surface area contributed by atoms with Gasteiger partial charge in [-0.2, -0.15) is 0 Å². The summed E-state index contributed by atoms with van der Waals surface area (Å²) < 4.78 is 5.14. The predicted octanol–water partition coefficient (Wildman–Crippen LogP) is 2.39. The Bertz CT molecular complexity index is 514. The summed E-state index contributed by atoms with van der Waals surface area (Å²) in [6, 6.07) is 4.62. The fraction of sp³-hybridized carbons (Fsp3) is 0.467. The molecule has 1 N–H and O–H groups in total. The Balaban J connectivity index is 1.61. The molecular weight excluding hydrogens is 252 g/mol. The molecule has 1 aliphatic heterocycles. The fourth-order valence-corrected chi connectivity index (χ4v) is 2.72. The van der Waals surface area contributed by atoms with Gasteiger partial charge < -0.3 is 14.6 Å². The Morgan fingerprint density at radius 1 is 1.40 bits per heavy atom. The molecular formula is C15H20N4O. The van der Waals surface area contributed by atoms with Crippen molar-refractivity contribution in [3.8, 4) is 0 Å². The van der Waals surface area contributed by atoms with Crippen LogP contribution in [-0.2, 0) is 0 Å². The third kappa shape index (κ3) is 2.99. The van der Waals surface area contributed by atoms with Crippen LogP contribution >= 0.6 is 0 Å². The number of rotatable bonds is 4. The Morgan fingerprint density at radius 2 is 2.25 bits per heavy atom. The summed E-state index contributed by atoms with van der Waals surface area (Å²) in [6.45, 7) is 4.15. The first-order valence-electron chi connectivity index (χ1n) is 7.13. The predicted molar refractivity (Wildman–Crippen MR) is 77.5 cm³/mol. The van der Waals surface area contributed by atoms with E-state index in [9.17, 15) is 0 Å². The van der Waals surface area contributed by atoms with Crippen molar-refractivity contribution in [1.82, 2.24) is 15.3 Å². The van der Waals surface area contributed by atoms with Crippen molar-refractivity contribution < 1.29 is 4.42 Å². The van der Waals surface area contributed by atoms with E-state index in [1.807, 2.05) is 12.1 Å². The molecule has 0 aliphatic carbocycles. The molecule has 0 saturated carbocycles. The SMILES string of the molecule is CC(NC1CCCN(c2ncccn2)C1)c1ccoc1. The van der Waals surface area contributed by atoms with E-state index in [0.717, 1.165) is 25.5 Å². The number of nitrogens with one attached hydrogen (secondary N) is 1. The maximum Gasteiger partial charge on any atom is 0.225 e. The van der Waals surface area contributed by atoms with Gasteiger partial charge in [-0.3, -0.25) is 0 Å². The average Bonchev–Trinajstić information content (AvgIpc) is 3.03. The Kier molecular flexibility index (Phi) is 3.97. The summed E-state index contributed by atoms with van der Waals surface area (Å²) in [5.41, 5.74) is 1.19. The third-order valence-electron chi connectivity index (χ3n) is 3.79. The standard InChI is InChI=1S/C15H20N4O/c1-12(13-5-9-20-11-13)18-14-4-2-8-19(10-14)15-16-6-3-7-17-15/h3,5-7,9,11-12,14,18H,2,4,8,10H2,1H3. The van der Waals surface area contributed by atoms with Gasteiger partial charge in [-0.15, -0.1) is 0 Å². The molecule has 3 rings (SSSR count). The van der Waals surface area contributed by atoms with E-state index in [1.165, 1.54) is 12.0 Å². The minimum atomic E-state index is 0.301. The van der Waals surface area contributed by atoms with Gasteiger partial charge in [-0.25, -0.2) is 9.97 Å². The van der Waals surface area contributed by atoms with Crippen molar-refractivity contribution in [3.05, 3.63) is 42.6 Å². The second kappa shape index (κ2) is 6.05. The van der Waals surface area contributed by atoms with Gasteiger partial charge in [0, 0.05) is 43.1 Å². The van der Waals surface area contributed by atoms with Crippen LogP contribution in [0.4, 0.5) is 5.95 Å². The molecule has 3 heterocycles. The van der Waals surface area contributed by atoms with Crippen LogP contribution in [0.3, 0.4) is 0 Å². The van der Waals surface area contributed by atoms with Gasteiger partial charge in [0.15, 0.2) is 0 Å². The number of nitrogens with zero attached hydrogens (tertiary/aromatic N) is 3. The van der Waals surface area contributed by atoms with Crippen LogP contribution in [0.2, 0.25) is 0 Å². The zero-order valence-electron chi connectivity index (χ0n) is 11.7. The van der Waals surface area contributed by atoms with E-state index in [2.05, 4.69) is 27.1 Å². The molecule has 1 saturated heterocycles. The zero-order chi connectivity index (χ0) is 13.8. The number of aromatic nitrogens is 2. The van der Waals surface area contributed by atoms with E-state index in [0.29, 0.717) is 12.1 Å². The maximum atomic E-state index is 5.14. The van der Waals surface area contributed by atoms with Crippen LogP contribution in [0.1, 0.15) is 31.4 Å². The van der Waals surface area contributed by atoms with E-state index < -0.39 is 0 Å². The Hall–Kier alpha value is -1.88. The lowest BCUT2D eigenvalue weighted by molar-refractivity contribution is 0.384. The summed E-state index contributed by atoms with van der Waals surface area (Å²) in [5.74, 6) is 0.829. The molecule has 5 heteroatoms. The molecule has 0 amide bonds. The minimum Gasteiger partial charge on any atom is -0.472 e. The van der Waals surface area contributed by atoms with Crippen LogP contribution in [0.5, 0.6) is 0 Å². The molecule has 106 valence electrons. The third-order valence-corrected chi connectivity index (χ3v) is 3.79. The molecule has 1 aliphatic rings. The van der Waals surface area contributed by atoms with Crippen molar-refractivity contribution in [2.45, 2.75) is 31.8 Å². The number of furan rings is 1. The van der Waals surface area contributed by atoms with Gasteiger partial charge in [-0.05, 0) is 31.9 Å². The summed E-state index contributed by atoms with van der Waals surface area (Å²) in [6.07, 6.45) is 9.47. The van der Waals surface area contributed by atoms with Gasteiger partial charge in [0.1, 0.15) is 0 Å². The first-order chi connectivity index (χ1) is 9.83. The van der Waals surface area contributed by atoms with Gasteiger partial charge in [0.05, 0.1) is 12.5 Å². The van der Waals surface area contributed by atoms with E-state index in [4.69, 9.17) is 4.42 Å². The summed E-state index contributed by atoms with van der Waals surface area (Å²) in [5, 5.41) is 3.66. The summed E-state index contributed by atoms with van der Waals surface area (Å²) >= 11 is 0. The molecule has 2 unspecified atom stereocenters. The topological polar surface area (TPSA) is 54.2 Å². The number of piperidine rings is 1. The monoisotopic (exact) mass is 272 g/mol. The highest BCUT2D eigenvalue weighted by atomic mass is 16.3. The lowest BCUT2D eigenvalue weighted by atomic mass is 10.0. The normalized spacial score (nSPS) is 20.9. The molecule has 2 atom stereocenters. The van der Waals surface area contributed by atoms with Crippen LogP contribution in [0.15, 0.2) is 41.5 Å². The highest BCUT2D eigenvalue weighted by molar-refractivity contribution is 5.29. The number of hydrogen-bond donors (Lipinski definition) is 1. The second-order valence-corrected chi connectivity index (χ2v) is 5.28. The number of hydrogen-bond acceptors (Lipinski definition) is 5. The Morgan fingerprint density at radius 3 is 3.00 bits per heavy atom. The molecule has 5 nitrogen and oxygen atoms in total. The largest absolute Gasteiger partial charge is 0.472 e. The summed E-state index contributed by atoms with van der Waals surface area (Å²) in [7, 11) is 0. The number of anilines is 1. The van der Waals surface area contributed by atoms with Crippen LogP contribution in [0, 0.1) is 0 Å². The molecule has 1 fully saturated rings. The van der Waals surface area contributed by atoms with Gasteiger partial charge in [0.2, 0.25) is 5.95 Å². The van der Waals surface area contributed by atoms with Crippen LogP contribution in [0.25, 0.3) is 0 Å². The van der Waals surface area contributed by atoms with Crippen molar-refractivity contribution >= 4 is 5.95 Å². The molecule has 0 bridgehead atoms. The maximum absolute atomic E-state index is 5.14. The van der Waals surface area contributed by atoms with Crippen LogP contribution < -0.4 is 10.2 Å². The van der Waals surface area contributed by atoms with E-state index in [-0.39, 0.29) is 0 Å². The lowest BCUT2D eigenvalue weighted by Crippen LogP contribution is -2.47. The Labute approximate surface area is 119 Å². The zero-order valence-corrected chi connectivity index (χ0v) is 11.7. The minimum absolute atomic E-state index is 0.301. The molecule has 0 aromatic carbocycles. The fourth-order valence-electron chi connectivity index (χ4n) is 2.72. The van der Waals surface area contributed by atoms with Crippen molar-refractivity contribution in [3.63, 3.8) is 0 Å². The molecule has 2 aromatic rings. The van der Waals surface area contributed by atoms with Crippen LogP contribution in [-0.4, -0.2) is 29.1 Å². The smallest absolute Gasteiger partial charge is 0.225 e. The highest BCUT2D eigenvalue weighted by Crippen LogP contribution is 2.19. The van der Waals surface area contributed by atoms with Crippen molar-refractivity contribution in [1.29, 1.82) is 0 Å².